The van der Waals surface area contributed by atoms with E-state index in [2.05, 4.69) is 20.6 Å². The van der Waals surface area contributed by atoms with Crippen LogP contribution in [0.25, 0.3) is 0 Å². The number of carbonyl (C=O) groups is 4. The van der Waals surface area contributed by atoms with Gasteiger partial charge in [-0.3, -0.25) is 29.0 Å². The number of hydrogen-bond donors (Lipinski definition) is 2. The lowest BCUT2D eigenvalue weighted by atomic mass is 9.66. The Morgan fingerprint density at radius 2 is 1.90 bits per heavy atom. The Bertz CT molecular complexity index is 1180. The molecule has 1 aliphatic rings. The molecule has 41 heavy (non-hydrogen) atoms. The molecular formula is C28H38BN5O6S. The third kappa shape index (κ3) is 9.29. The summed E-state index contributed by atoms with van der Waals surface area (Å²) in [6.07, 6.45) is 4.84. The van der Waals surface area contributed by atoms with Gasteiger partial charge in [0.05, 0.1) is 25.2 Å². The quantitative estimate of drug-likeness (QED) is 0.314. The van der Waals surface area contributed by atoms with E-state index in [1.165, 1.54) is 37.5 Å². The molecule has 0 radical (unpaired) electrons. The number of carbonyl (C=O) groups excluding carboxylic acids is 4. The molecule has 2 aromatic rings. The first-order valence-electron chi connectivity index (χ1n) is 13.6. The van der Waals surface area contributed by atoms with Gasteiger partial charge < -0.3 is 20.0 Å². The molecule has 11 nitrogen and oxygen atoms in total. The van der Waals surface area contributed by atoms with Crippen LogP contribution in [-0.4, -0.2) is 89.3 Å². The molecule has 3 rings (SSSR count). The number of amides is 2. The Kier molecular flexibility index (Phi) is 12.1. The number of nitrogens with zero attached hydrogens (tertiary/aromatic N) is 3. The molecule has 0 bridgehead atoms. The summed E-state index contributed by atoms with van der Waals surface area (Å²) in [5, 5.41) is 5.83. The van der Waals surface area contributed by atoms with Crippen LogP contribution in [0.4, 0.5) is 0 Å². The van der Waals surface area contributed by atoms with Crippen LogP contribution in [0, 0.1) is 11.8 Å². The van der Waals surface area contributed by atoms with E-state index in [0.29, 0.717) is 17.9 Å². The maximum atomic E-state index is 13.9. The molecule has 0 unspecified atom stereocenters. The second-order valence-corrected chi connectivity index (χ2v) is 11.6. The second-order valence-electron chi connectivity index (χ2n) is 10.5. The van der Waals surface area contributed by atoms with Crippen LogP contribution < -0.4 is 10.6 Å². The molecule has 4 atom stereocenters. The monoisotopic (exact) mass is 583 g/mol. The third-order valence-corrected chi connectivity index (χ3v) is 8.03. The summed E-state index contributed by atoms with van der Waals surface area (Å²) in [7, 11) is 2.05. The van der Waals surface area contributed by atoms with Crippen LogP contribution >= 0.6 is 11.8 Å². The van der Waals surface area contributed by atoms with E-state index in [4.69, 9.17) is 9.39 Å². The van der Waals surface area contributed by atoms with E-state index in [0.717, 1.165) is 5.56 Å². The Labute approximate surface area is 245 Å². The van der Waals surface area contributed by atoms with Gasteiger partial charge in [-0.2, -0.15) is 11.8 Å². The minimum atomic E-state index is -0.968. The highest BCUT2D eigenvalue weighted by atomic mass is 32.2. The van der Waals surface area contributed by atoms with E-state index < -0.39 is 54.7 Å². The van der Waals surface area contributed by atoms with Gasteiger partial charge in [-0.15, -0.1) is 0 Å². The van der Waals surface area contributed by atoms with Crippen molar-refractivity contribution in [3.8, 4) is 0 Å². The molecule has 0 saturated carbocycles. The summed E-state index contributed by atoms with van der Waals surface area (Å²) in [4.78, 5) is 62.3. The van der Waals surface area contributed by atoms with Gasteiger partial charge in [0.25, 0.3) is 11.9 Å². The molecule has 2 heterocycles. The zero-order valence-corrected chi connectivity index (χ0v) is 24.9. The predicted octanol–water partition coefficient (Wildman–Crippen LogP) is 1.78. The molecule has 1 fully saturated rings. The zero-order valence-electron chi connectivity index (χ0n) is 24.1. The number of nitrogens with one attached hydrogen (secondary N) is 2. The highest BCUT2D eigenvalue weighted by molar-refractivity contribution is 7.99. The highest BCUT2D eigenvalue weighted by Gasteiger charge is 2.44. The Morgan fingerprint density at radius 1 is 1.17 bits per heavy atom. The fourth-order valence-electron chi connectivity index (χ4n) is 4.52. The Morgan fingerprint density at radius 3 is 2.54 bits per heavy atom. The number of methoxy groups -OCH3 is 1. The van der Waals surface area contributed by atoms with Crippen LogP contribution in [0.5, 0.6) is 0 Å². The van der Waals surface area contributed by atoms with Crippen molar-refractivity contribution < 1.29 is 28.6 Å². The van der Waals surface area contributed by atoms with Crippen LogP contribution in [-0.2, 0) is 30.2 Å². The van der Waals surface area contributed by atoms with Gasteiger partial charge >= 0.3 is 13.0 Å². The first-order chi connectivity index (χ1) is 19.6. The SMILES string of the molecule is COC(=O)[C@H]1CSC[C@H](C)C(=O)OB([C@H](CC(C)C)NC(=O)[C@H](Cc2ccccc2)NC(=O)c2cnccn2)N1C. The number of ether oxygens (including phenoxy) is 1. The minimum Gasteiger partial charge on any atom is -0.518 e. The molecule has 0 aliphatic carbocycles. The summed E-state index contributed by atoms with van der Waals surface area (Å²) in [5.74, 6) is -1.98. The first kappa shape index (κ1) is 32.1. The van der Waals surface area contributed by atoms with E-state index in [1.54, 1.807) is 18.8 Å². The van der Waals surface area contributed by atoms with Crippen molar-refractivity contribution in [3.63, 3.8) is 0 Å². The molecule has 220 valence electrons. The number of thioether (sulfide) groups is 1. The maximum Gasteiger partial charge on any atom is 0.475 e. The number of hydrogen-bond acceptors (Lipinski definition) is 10. The lowest BCUT2D eigenvalue weighted by Gasteiger charge is -2.35. The van der Waals surface area contributed by atoms with Crippen LogP contribution in [0.15, 0.2) is 48.9 Å². The average Bonchev–Trinajstić information content (AvgIpc) is 3.01. The number of esters is 1. The largest absolute Gasteiger partial charge is 0.518 e. The smallest absolute Gasteiger partial charge is 0.475 e. The van der Waals surface area contributed by atoms with Crippen LogP contribution in [0.3, 0.4) is 0 Å². The second kappa shape index (κ2) is 15.5. The van der Waals surface area contributed by atoms with Gasteiger partial charge in [-0.1, -0.05) is 51.1 Å². The molecule has 2 amide bonds. The average molecular weight is 584 g/mol. The molecule has 2 N–H and O–H groups in total. The number of benzene rings is 1. The van der Waals surface area contributed by atoms with Gasteiger partial charge in [0.2, 0.25) is 5.91 Å². The van der Waals surface area contributed by atoms with Crippen LogP contribution in [0.2, 0.25) is 0 Å². The van der Waals surface area contributed by atoms with E-state index >= 15 is 0 Å². The van der Waals surface area contributed by atoms with E-state index in [-0.39, 0.29) is 18.0 Å². The number of likely N-dealkylation sites (N-methyl/N-ethyl adjacent to an activating group) is 1. The van der Waals surface area contributed by atoms with Gasteiger partial charge in [-0.25, -0.2) is 4.98 Å². The normalized spacial score (nSPS) is 19.7. The maximum absolute atomic E-state index is 13.9. The number of aromatic nitrogens is 2. The topological polar surface area (TPSA) is 140 Å². The Hall–Kier alpha value is -3.45. The van der Waals surface area contributed by atoms with Crippen molar-refractivity contribution in [1.82, 2.24) is 25.4 Å². The highest BCUT2D eigenvalue weighted by Crippen LogP contribution is 2.22. The van der Waals surface area contributed by atoms with Gasteiger partial charge in [0.1, 0.15) is 17.8 Å². The zero-order chi connectivity index (χ0) is 29.9. The molecule has 1 aliphatic heterocycles. The summed E-state index contributed by atoms with van der Waals surface area (Å²) >= 11 is 1.47. The third-order valence-electron chi connectivity index (χ3n) is 6.75. The van der Waals surface area contributed by atoms with Crippen molar-refractivity contribution in [1.29, 1.82) is 0 Å². The lowest BCUT2D eigenvalue weighted by Crippen LogP contribution is -2.63. The van der Waals surface area contributed by atoms with Gasteiger partial charge in [0, 0.05) is 30.3 Å². The van der Waals surface area contributed by atoms with Crippen molar-refractivity contribution in [2.75, 3.05) is 25.7 Å². The molecule has 1 aromatic heterocycles. The van der Waals surface area contributed by atoms with Crippen LogP contribution in [0.1, 0.15) is 43.2 Å². The van der Waals surface area contributed by atoms with Crippen molar-refractivity contribution in [3.05, 3.63) is 60.2 Å². The fourth-order valence-corrected chi connectivity index (χ4v) is 5.74. The van der Waals surface area contributed by atoms with Crippen molar-refractivity contribution in [2.24, 2.45) is 11.8 Å². The van der Waals surface area contributed by atoms with E-state index in [1.807, 2.05) is 44.2 Å². The first-order valence-corrected chi connectivity index (χ1v) is 14.7. The summed E-state index contributed by atoms with van der Waals surface area (Å²) < 4.78 is 11.0. The van der Waals surface area contributed by atoms with Crippen molar-refractivity contribution in [2.45, 2.75) is 51.6 Å². The van der Waals surface area contributed by atoms with Gasteiger partial charge in [-0.05, 0) is 24.9 Å². The van der Waals surface area contributed by atoms with Gasteiger partial charge in [0.15, 0.2) is 0 Å². The van der Waals surface area contributed by atoms with E-state index in [9.17, 15) is 19.2 Å². The molecule has 1 saturated heterocycles. The fraction of sp³-hybridized carbons (Fsp3) is 0.500. The molecule has 13 heteroatoms. The Balaban J connectivity index is 1.93. The summed E-state index contributed by atoms with van der Waals surface area (Å²) in [6.45, 7) is 5.76. The van der Waals surface area contributed by atoms with Crippen molar-refractivity contribution >= 4 is 42.6 Å². The predicted molar refractivity (Wildman–Crippen MR) is 157 cm³/mol. The molecule has 0 spiro atoms. The lowest BCUT2D eigenvalue weighted by molar-refractivity contribution is -0.145. The summed E-state index contributed by atoms with van der Waals surface area (Å²) in [6, 6.07) is 7.65. The molecular weight excluding hydrogens is 545 g/mol. The summed E-state index contributed by atoms with van der Waals surface area (Å²) in [5.41, 5.74) is 0.921. The standard InChI is InChI=1S/C28H38BN5O6S/c1-18(2)13-24(29-34(4)23(28(38)39-5)17-41-16-19(3)27(37)40-29)33-25(35)21(14-20-9-7-6-8-10-20)32-26(36)22-15-30-11-12-31-22/h6-12,15,18-19,21,23-24H,13-14,16-17H2,1-5H3,(H,32,36)(H,33,35)/t19-,21-,23+,24-/m0/s1. The minimum absolute atomic E-state index is 0.0782. The molecule has 1 aromatic carbocycles. The number of rotatable bonds is 10.